The third kappa shape index (κ3) is 6.18. The van der Waals surface area contributed by atoms with E-state index in [2.05, 4.69) is 44.9 Å². The van der Waals surface area contributed by atoms with Crippen molar-refractivity contribution >= 4 is 11.3 Å². The zero-order valence-electron chi connectivity index (χ0n) is 11.8. The summed E-state index contributed by atoms with van der Waals surface area (Å²) in [4.78, 5) is 5.77. The van der Waals surface area contributed by atoms with Crippen molar-refractivity contribution in [3.63, 3.8) is 0 Å². The van der Waals surface area contributed by atoms with Crippen LogP contribution < -0.4 is 5.32 Å². The predicted molar refractivity (Wildman–Crippen MR) is 76.6 cm³/mol. The lowest BCUT2D eigenvalue weighted by atomic mass is 9.93. The molecule has 1 N–H and O–H groups in total. The highest BCUT2D eigenvalue weighted by atomic mass is 32.1. The number of hydrogen-bond donors (Lipinski definition) is 1. The average Bonchev–Trinajstić information content (AvgIpc) is 2.59. The minimum atomic E-state index is 0.577. The van der Waals surface area contributed by atoms with Gasteiger partial charge in [-0.05, 0) is 38.1 Å². The summed E-state index contributed by atoms with van der Waals surface area (Å²) >= 11 is 1.84. The molecule has 0 aliphatic carbocycles. The van der Waals surface area contributed by atoms with Crippen LogP contribution in [-0.2, 0) is 6.42 Å². The lowest BCUT2D eigenvalue weighted by Crippen LogP contribution is -2.30. The molecule has 0 spiro atoms. The van der Waals surface area contributed by atoms with E-state index in [-0.39, 0.29) is 0 Å². The van der Waals surface area contributed by atoms with Crippen molar-refractivity contribution < 1.29 is 0 Å². The summed E-state index contributed by atoms with van der Waals surface area (Å²) in [5.74, 6) is 1.50. The van der Waals surface area contributed by atoms with Crippen LogP contribution in [0.5, 0.6) is 0 Å². The van der Waals surface area contributed by atoms with E-state index in [1.54, 1.807) is 0 Å². The van der Waals surface area contributed by atoms with Crippen molar-refractivity contribution in [2.75, 3.05) is 6.54 Å². The summed E-state index contributed by atoms with van der Waals surface area (Å²) in [6, 6.07) is 0.577. The average molecular weight is 254 g/mol. The Morgan fingerprint density at radius 1 is 1.29 bits per heavy atom. The van der Waals surface area contributed by atoms with Gasteiger partial charge in [-0.15, -0.1) is 11.3 Å². The third-order valence-corrected chi connectivity index (χ3v) is 3.71. The molecule has 1 aromatic heterocycles. The fourth-order valence-corrected chi connectivity index (χ4v) is 3.00. The molecule has 98 valence electrons. The molecule has 0 saturated heterocycles. The highest BCUT2D eigenvalue weighted by Gasteiger charge is 2.13. The van der Waals surface area contributed by atoms with Crippen molar-refractivity contribution in [2.45, 2.75) is 53.5 Å². The number of aromatic nitrogens is 1. The van der Waals surface area contributed by atoms with Crippen LogP contribution in [0, 0.1) is 18.8 Å². The van der Waals surface area contributed by atoms with Crippen LogP contribution in [0.1, 0.15) is 44.0 Å². The van der Waals surface area contributed by atoms with Gasteiger partial charge in [-0.25, -0.2) is 4.98 Å². The Morgan fingerprint density at radius 3 is 2.47 bits per heavy atom. The van der Waals surface area contributed by atoms with E-state index in [0.717, 1.165) is 18.4 Å². The number of hydrogen-bond acceptors (Lipinski definition) is 3. The monoisotopic (exact) mass is 254 g/mol. The number of thiazole rings is 1. The van der Waals surface area contributed by atoms with Gasteiger partial charge in [0.25, 0.3) is 0 Å². The van der Waals surface area contributed by atoms with Crippen molar-refractivity contribution in [1.29, 1.82) is 0 Å². The summed E-state index contributed by atoms with van der Waals surface area (Å²) < 4.78 is 0. The first kappa shape index (κ1) is 14.7. The summed E-state index contributed by atoms with van der Waals surface area (Å²) in [5, 5.41) is 4.74. The molecule has 0 aliphatic rings. The summed E-state index contributed by atoms with van der Waals surface area (Å²) in [6.07, 6.45) is 4.50. The van der Waals surface area contributed by atoms with Crippen LogP contribution in [-0.4, -0.2) is 17.6 Å². The minimum Gasteiger partial charge on any atom is -0.314 e. The maximum absolute atomic E-state index is 4.34. The smallest absolute Gasteiger partial charge is 0.0896 e. The normalized spacial score (nSPS) is 13.6. The van der Waals surface area contributed by atoms with Gasteiger partial charge in [-0.1, -0.05) is 27.7 Å². The molecule has 3 heteroatoms. The lowest BCUT2D eigenvalue weighted by molar-refractivity contribution is 0.374. The largest absolute Gasteiger partial charge is 0.314 e. The highest BCUT2D eigenvalue weighted by Crippen LogP contribution is 2.20. The van der Waals surface area contributed by atoms with Crippen LogP contribution in [0.25, 0.3) is 0 Å². The maximum Gasteiger partial charge on any atom is 0.0896 e. The second kappa shape index (κ2) is 7.12. The Morgan fingerprint density at radius 2 is 2.00 bits per heavy atom. The first-order valence-electron chi connectivity index (χ1n) is 6.62. The SMILES string of the molecule is Cc1ncc(CC(CNC(C)C)CC(C)C)s1. The van der Waals surface area contributed by atoms with Gasteiger partial charge in [0.2, 0.25) is 0 Å². The molecular weight excluding hydrogens is 228 g/mol. The zero-order valence-corrected chi connectivity index (χ0v) is 12.6. The van der Waals surface area contributed by atoms with Gasteiger partial charge < -0.3 is 5.32 Å². The molecule has 1 heterocycles. The fraction of sp³-hybridized carbons (Fsp3) is 0.786. The zero-order chi connectivity index (χ0) is 12.8. The van der Waals surface area contributed by atoms with Crippen molar-refractivity contribution in [3.8, 4) is 0 Å². The summed E-state index contributed by atoms with van der Waals surface area (Å²) in [7, 11) is 0. The van der Waals surface area contributed by atoms with E-state index in [0.29, 0.717) is 6.04 Å². The van der Waals surface area contributed by atoms with E-state index in [1.165, 1.54) is 22.7 Å². The molecule has 0 aromatic carbocycles. The van der Waals surface area contributed by atoms with Crippen LogP contribution in [0.2, 0.25) is 0 Å². The van der Waals surface area contributed by atoms with Crippen LogP contribution in [0.4, 0.5) is 0 Å². The Hall–Kier alpha value is -0.410. The minimum absolute atomic E-state index is 0.577. The first-order chi connectivity index (χ1) is 7.97. The van der Waals surface area contributed by atoms with Crippen LogP contribution in [0.15, 0.2) is 6.20 Å². The van der Waals surface area contributed by atoms with E-state index >= 15 is 0 Å². The standard InChI is InChI=1S/C14H26N2S/c1-10(2)6-13(8-15-11(3)4)7-14-9-16-12(5)17-14/h9-11,13,15H,6-8H2,1-5H3. The lowest BCUT2D eigenvalue weighted by Gasteiger charge is -2.20. The van der Waals surface area contributed by atoms with E-state index in [4.69, 9.17) is 0 Å². The molecule has 0 bridgehead atoms. The molecule has 2 nitrogen and oxygen atoms in total. The maximum atomic E-state index is 4.34. The number of rotatable bonds is 7. The summed E-state index contributed by atoms with van der Waals surface area (Å²) in [5.41, 5.74) is 0. The quantitative estimate of drug-likeness (QED) is 0.803. The molecule has 1 rings (SSSR count). The molecular formula is C14H26N2S. The van der Waals surface area contributed by atoms with Gasteiger partial charge in [-0.2, -0.15) is 0 Å². The van der Waals surface area contributed by atoms with E-state index < -0.39 is 0 Å². The van der Waals surface area contributed by atoms with Gasteiger partial charge in [0.05, 0.1) is 5.01 Å². The number of nitrogens with one attached hydrogen (secondary N) is 1. The Kier molecular flexibility index (Phi) is 6.14. The van der Waals surface area contributed by atoms with Crippen LogP contribution >= 0.6 is 11.3 Å². The molecule has 0 aliphatic heterocycles. The predicted octanol–water partition coefficient (Wildman–Crippen LogP) is 3.65. The molecule has 0 radical (unpaired) electrons. The summed E-state index contributed by atoms with van der Waals surface area (Å²) in [6.45, 7) is 12.2. The van der Waals surface area contributed by atoms with Gasteiger partial charge in [0.1, 0.15) is 0 Å². The highest BCUT2D eigenvalue weighted by molar-refractivity contribution is 7.11. The first-order valence-corrected chi connectivity index (χ1v) is 7.43. The molecule has 0 saturated carbocycles. The third-order valence-electron chi connectivity index (χ3n) is 2.78. The topological polar surface area (TPSA) is 24.9 Å². The van der Waals surface area contributed by atoms with E-state index in [1.807, 2.05) is 17.5 Å². The molecule has 0 amide bonds. The number of nitrogens with zero attached hydrogens (tertiary/aromatic N) is 1. The number of aryl methyl sites for hydroxylation is 1. The van der Waals surface area contributed by atoms with Crippen molar-refractivity contribution in [1.82, 2.24) is 10.3 Å². The van der Waals surface area contributed by atoms with Crippen molar-refractivity contribution in [3.05, 3.63) is 16.1 Å². The second-order valence-corrected chi connectivity index (χ2v) is 6.93. The molecule has 17 heavy (non-hydrogen) atoms. The van der Waals surface area contributed by atoms with Gasteiger partial charge >= 0.3 is 0 Å². The van der Waals surface area contributed by atoms with Gasteiger partial charge in [0.15, 0.2) is 0 Å². The Labute approximate surface area is 110 Å². The molecule has 1 unspecified atom stereocenters. The molecule has 0 fully saturated rings. The molecule has 1 aromatic rings. The fourth-order valence-electron chi connectivity index (χ4n) is 2.09. The molecule has 1 atom stereocenters. The Bertz CT molecular complexity index is 318. The van der Waals surface area contributed by atoms with E-state index in [9.17, 15) is 0 Å². The van der Waals surface area contributed by atoms with Crippen LogP contribution in [0.3, 0.4) is 0 Å². The second-order valence-electron chi connectivity index (χ2n) is 5.61. The van der Waals surface area contributed by atoms with Gasteiger partial charge in [0, 0.05) is 17.1 Å². The van der Waals surface area contributed by atoms with Crippen molar-refractivity contribution in [2.24, 2.45) is 11.8 Å². The van der Waals surface area contributed by atoms with Gasteiger partial charge in [-0.3, -0.25) is 0 Å². The Balaban J connectivity index is 2.50.